The highest BCUT2D eigenvalue weighted by molar-refractivity contribution is 7.80. The van der Waals surface area contributed by atoms with Crippen molar-refractivity contribution in [2.75, 3.05) is 5.32 Å². The Labute approximate surface area is 184 Å². The first-order valence-electron chi connectivity index (χ1n) is 10.1. The van der Waals surface area contributed by atoms with Gasteiger partial charge in [0, 0.05) is 16.8 Å². The third-order valence-corrected chi connectivity index (χ3v) is 5.26. The number of thiocarbonyl (C=S) groups is 1. The third kappa shape index (κ3) is 5.55. The maximum absolute atomic E-state index is 12.9. The van der Waals surface area contributed by atoms with Crippen LogP contribution in [-0.2, 0) is 5.41 Å². The van der Waals surface area contributed by atoms with Gasteiger partial charge in [0.1, 0.15) is 0 Å². The highest BCUT2D eigenvalue weighted by Crippen LogP contribution is 2.23. The molecule has 30 heavy (non-hydrogen) atoms. The first-order valence-corrected chi connectivity index (χ1v) is 10.5. The van der Waals surface area contributed by atoms with Crippen molar-refractivity contribution in [2.45, 2.75) is 39.2 Å². The van der Waals surface area contributed by atoms with E-state index in [-0.39, 0.29) is 17.2 Å². The van der Waals surface area contributed by atoms with Gasteiger partial charge in [-0.1, -0.05) is 87.5 Å². The van der Waals surface area contributed by atoms with Gasteiger partial charge in [0.2, 0.25) is 0 Å². The Kier molecular flexibility index (Phi) is 6.68. The minimum atomic E-state index is -0.00404. The number of anilines is 1. The molecule has 0 saturated heterocycles. The van der Waals surface area contributed by atoms with E-state index in [1.807, 2.05) is 66.7 Å². The number of benzene rings is 3. The molecule has 0 bridgehead atoms. The van der Waals surface area contributed by atoms with Gasteiger partial charge in [-0.3, -0.25) is 4.79 Å². The molecule has 0 heterocycles. The molecular weight excluding hydrogens is 388 g/mol. The van der Waals surface area contributed by atoms with Crippen LogP contribution in [0.25, 0.3) is 0 Å². The monoisotopic (exact) mass is 416 g/mol. The topological polar surface area (TPSA) is 41.1 Å². The molecule has 1 atom stereocenters. The van der Waals surface area contributed by atoms with Gasteiger partial charge < -0.3 is 10.6 Å². The van der Waals surface area contributed by atoms with Crippen LogP contribution < -0.4 is 10.6 Å². The van der Waals surface area contributed by atoms with Crippen LogP contribution in [0.5, 0.6) is 0 Å². The second-order valence-electron chi connectivity index (χ2n) is 8.47. The zero-order chi connectivity index (χ0) is 21.7. The number of carbonyl (C=O) groups is 1. The Bertz CT molecular complexity index is 1020. The smallest absolute Gasteiger partial charge is 0.193 e. The van der Waals surface area contributed by atoms with Crippen LogP contribution in [0.15, 0.2) is 78.9 Å². The fraction of sp³-hybridized carbons (Fsp3) is 0.231. The molecule has 0 saturated carbocycles. The van der Waals surface area contributed by atoms with Crippen molar-refractivity contribution < 1.29 is 4.79 Å². The minimum Gasteiger partial charge on any atom is -0.356 e. The molecule has 0 aromatic heterocycles. The van der Waals surface area contributed by atoms with Crippen LogP contribution in [0.4, 0.5) is 5.69 Å². The Hall–Kier alpha value is -2.98. The highest BCUT2D eigenvalue weighted by Gasteiger charge is 2.15. The molecule has 3 nitrogen and oxygen atoms in total. The molecule has 0 aliphatic carbocycles. The molecule has 0 radical (unpaired) electrons. The standard InChI is InChI=1S/C26H28N2OS/c1-18(19-9-6-5-7-10-19)27-25(30)28-23-12-8-11-21(17-23)24(29)20-13-15-22(16-14-20)26(2,3)4/h5-18H,1-4H3,(H2,27,28,30). The van der Waals surface area contributed by atoms with Crippen molar-refractivity contribution in [3.05, 3.63) is 101 Å². The summed E-state index contributed by atoms with van der Waals surface area (Å²) in [5.74, 6) is -0.00404. The normalized spacial score (nSPS) is 12.1. The molecule has 1 unspecified atom stereocenters. The SMILES string of the molecule is CC(NC(=S)Nc1cccc(C(=O)c2ccc(C(C)(C)C)cc2)c1)c1ccccc1. The molecule has 3 aromatic carbocycles. The van der Waals surface area contributed by atoms with Crippen LogP contribution in [0.1, 0.15) is 60.8 Å². The second-order valence-corrected chi connectivity index (χ2v) is 8.88. The molecule has 154 valence electrons. The zero-order valence-electron chi connectivity index (χ0n) is 17.9. The molecule has 3 aromatic rings. The molecule has 4 heteroatoms. The van der Waals surface area contributed by atoms with Gasteiger partial charge >= 0.3 is 0 Å². The Morgan fingerprint density at radius 1 is 0.867 bits per heavy atom. The predicted octanol–water partition coefficient (Wildman–Crippen LogP) is 6.26. The average molecular weight is 417 g/mol. The number of nitrogens with one attached hydrogen (secondary N) is 2. The van der Waals surface area contributed by atoms with Crippen LogP contribution in [0.2, 0.25) is 0 Å². The maximum atomic E-state index is 12.9. The van der Waals surface area contributed by atoms with Gasteiger partial charge in [-0.15, -0.1) is 0 Å². The summed E-state index contributed by atoms with van der Waals surface area (Å²) in [4.78, 5) is 12.9. The van der Waals surface area contributed by atoms with Gasteiger partial charge in [-0.25, -0.2) is 0 Å². The average Bonchev–Trinajstić information content (AvgIpc) is 2.73. The lowest BCUT2D eigenvalue weighted by atomic mass is 9.86. The van der Waals surface area contributed by atoms with E-state index in [9.17, 15) is 4.79 Å². The number of carbonyl (C=O) groups excluding carboxylic acids is 1. The van der Waals surface area contributed by atoms with Crippen LogP contribution in [-0.4, -0.2) is 10.9 Å². The van der Waals surface area contributed by atoms with Crippen molar-refractivity contribution in [3.8, 4) is 0 Å². The lowest BCUT2D eigenvalue weighted by molar-refractivity contribution is 0.103. The maximum Gasteiger partial charge on any atom is 0.193 e. The lowest BCUT2D eigenvalue weighted by Gasteiger charge is -2.19. The molecule has 0 aliphatic rings. The van der Waals surface area contributed by atoms with Gasteiger partial charge in [-0.05, 0) is 47.8 Å². The summed E-state index contributed by atoms with van der Waals surface area (Å²) in [5, 5.41) is 6.99. The summed E-state index contributed by atoms with van der Waals surface area (Å²) in [6, 6.07) is 25.5. The first-order chi connectivity index (χ1) is 14.2. The van der Waals surface area contributed by atoms with E-state index < -0.39 is 0 Å². The Balaban J connectivity index is 1.68. The lowest BCUT2D eigenvalue weighted by Crippen LogP contribution is -2.30. The second kappa shape index (κ2) is 9.23. The molecule has 0 fully saturated rings. The van der Waals surface area contributed by atoms with E-state index in [1.165, 1.54) is 5.56 Å². The van der Waals surface area contributed by atoms with Crippen LogP contribution >= 0.6 is 12.2 Å². The quantitative estimate of drug-likeness (QED) is 0.380. The van der Waals surface area contributed by atoms with E-state index in [0.29, 0.717) is 16.2 Å². The third-order valence-electron chi connectivity index (χ3n) is 5.04. The van der Waals surface area contributed by atoms with Crippen molar-refractivity contribution in [1.29, 1.82) is 0 Å². The summed E-state index contributed by atoms with van der Waals surface area (Å²) in [7, 11) is 0. The fourth-order valence-electron chi connectivity index (χ4n) is 3.22. The molecule has 0 spiro atoms. The first kappa shape index (κ1) is 21.7. The van der Waals surface area contributed by atoms with Gasteiger partial charge in [0.25, 0.3) is 0 Å². The van der Waals surface area contributed by atoms with Gasteiger partial charge in [0.15, 0.2) is 10.9 Å². The van der Waals surface area contributed by atoms with Crippen molar-refractivity contribution in [3.63, 3.8) is 0 Å². The number of rotatable bonds is 5. The van der Waals surface area contributed by atoms with Gasteiger partial charge in [0.05, 0.1) is 6.04 Å². The van der Waals surface area contributed by atoms with Crippen molar-refractivity contribution >= 4 is 28.8 Å². The summed E-state index contributed by atoms with van der Waals surface area (Å²) in [6.45, 7) is 8.54. The van der Waals surface area contributed by atoms with E-state index >= 15 is 0 Å². The molecule has 0 aliphatic heterocycles. The fourth-order valence-corrected chi connectivity index (χ4v) is 3.51. The summed E-state index contributed by atoms with van der Waals surface area (Å²) < 4.78 is 0. The molecular formula is C26H28N2OS. The van der Waals surface area contributed by atoms with Crippen molar-refractivity contribution in [1.82, 2.24) is 5.32 Å². The number of hydrogen-bond acceptors (Lipinski definition) is 2. The van der Waals surface area contributed by atoms with Crippen LogP contribution in [0.3, 0.4) is 0 Å². The van der Waals surface area contributed by atoms with E-state index in [2.05, 4.69) is 50.5 Å². The van der Waals surface area contributed by atoms with Gasteiger partial charge in [-0.2, -0.15) is 0 Å². The summed E-state index contributed by atoms with van der Waals surface area (Å²) in [5.41, 5.74) is 4.51. The van der Waals surface area contributed by atoms with E-state index in [0.717, 1.165) is 11.3 Å². The molecule has 3 rings (SSSR count). The molecule has 2 N–H and O–H groups in total. The number of ketones is 1. The molecule has 0 amide bonds. The zero-order valence-corrected chi connectivity index (χ0v) is 18.7. The number of hydrogen-bond donors (Lipinski definition) is 2. The largest absolute Gasteiger partial charge is 0.356 e. The van der Waals surface area contributed by atoms with E-state index in [4.69, 9.17) is 12.2 Å². The Morgan fingerprint density at radius 3 is 2.17 bits per heavy atom. The predicted molar refractivity (Wildman–Crippen MR) is 129 cm³/mol. The summed E-state index contributed by atoms with van der Waals surface area (Å²) >= 11 is 5.46. The highest BCUT2D eigenvalue weighted by atomic mass is 32.1. The Morgan fingerprint density at radius 2 is 1.53 bits per heavy atom. The van der Waals surface area contributed by atoms with Crippen LogP contribution in [0, 0.1) is 0 Å². The van der Waals surface area contributed by atoms with Crippen molar-refractivity contribution in [2.24, 2.45) is 0 Å². The summed E-state index contributed by atoms with van der Waals surface area (Å²) in [6.07, 6.45) is 0. The minimum absolute atomic E-state index is 0.00404. The van der Waals surface area contributed by atoms with E-state index in [1.54, 1.807) is 0 Å².